The Kier molecular flexibility index (Phi) is 9.06. The fraction of sp³-hybridized carbons (Fsp3) is 0.583. The van der Waals surface area contributed by atoms with E-state index in [2.05, 4.69) is 10.6 Å². The van der Waals surface area contributed by atoms with Crippen molar-refractivity contribution in [3.8, 4) is 0 Å². The number of hydrogen-bond donors (Lipinski definition) is 3. The van der Waals surface area contributed by atoms with E-state index in [0.717, 1.165) is 56.6 Å². The van der Waals surface area contributed by atoms with Gasteiger partial charge in [0.1, 0.15) is 6.10 Å². The molecule has 0 unspecified atom stereocenters. The fourth-order valence-electron chi connectivity index (χ4n) is 3.83. The first-order valence-electron chi connectivity index (χ1n) is 11.3. The van der Waals surface area contributed by atoms with Gasteiger partial charge in [0.25, 0.3) is 5.91 Å². The first kappa shape index (κ1) is 23.4. The Morgan fingerprint density at radius 1 is 1.35 bits per heavy atom. The summed E-state index contributed by atoms with van der Waals surface area (Å²) in [5.41, 5.74) is 2.42. The summed E-state index contributed by atoms with van der Waals surface area (Å²) in [6, 6.07) is 9.92. The molecule has 1 saturated carbocycles. The lowest BCUT2D eigenvalue weighted by molar-refractivity contribution is -0.146. The van der Waals surface area contributed by atoms with Gasteiger partial charge in [0.2, 0.25) is 0 Å². The third kappa shape index (κ3) is 7.16. The summed E-state index contributed by atoms with van der Waals surface area (Å²) in [6.07, 6.45) is 6.19. The fourth-order valence-corrected chi connectivity index (χ4v) is 3.83. The number of anilines is 1. The maximum atomic E-state index is 13.2. The van der Waals surface area contributed by atoms with Gasteiger partial charge in [-0.05, 0) is 57.2 Å². The smallest absolute Gasteiger partial charge is 0.253 e. The van der Waals surface area contributed by atoms with Crippen LogP contribution < -0.4 is 10.6 Å². The van der Waals surface area contributed by atoms with Crippen LogP contribution in [0.3, 0.4) is 0 Å². The van der Waals surface area contributed by atoms with Crippen LogP contribution in [0.25, 0.3) is 0 Å². The number of hydrogen-bond acceptors (Lipinski definition) is 6. The van der Waals surface area contributed by atoms with Crippen molar-refractivity contribution in [1.82, 2.24) is 10.2 Å². The number of nitrogens with one attached hydrogen (secondary N) is 3. The molecule has 0 radical (unpaired) electrons. The Morgan fingerprint density at radius 2 is 2.13 bits per heavy atom. The van der Waals surface area contributed by atoms with Crippen molar-refractivity contribution in [2.45, 2.75) is 57.2 Å². The second kappa shape index (κ2) is 12.0. The van der Waals surface area contributed by atoms with E-state index in [4.69, 9.17) is 14.9 Å². The highest BCUT2D eigenvalue weighted by Gasteiger charge is 2.40. The molecule has 1 amide bonds. The summed E-state index contributed by atoms with van der Waals surface area (Å²) in [6.45, 7) is 4.55. The third-order valence-electron chi connectivity index (χ3n) is 5.72. The first-order chi connectivity index (χ1) is 15.1. The van der Waals surface area contributed by atoms with Crippen molar-refractivity contribution >= 4 is 17.3 Å². The van der Waals surface area contributed by atoms with Gasteiger partial charge in [-0.3, -0.25) is 4.79 Å². The van der Waals surface area contributed by atoms with Gasteiger partial charge < -0.3 is 30.4 Å². The molecule has 170 valence electrons. The van der Waals surface area contributed by atoms with E-state index >= 15 is 0 Å². The van der Waals surface area contributed by atoms with Crippen LogP contribution in [0.15, 0.2) is 42.1 Å². The molecule has 0 aromatic heterocycles. The molecule has 1 heterocycles. The molecule has 7 nitrogen and oxygen atoms in total. The van der Waals surface area contributed by atoms with Crippen LogP contribution in [0.1, 0.15) is 39.0 Å². The predicted molar refractivity (Wildman–Crippen MR) is 124 cm³/mol. The molecular formula is C24H36N4O3. The number of carbonyl (C=O) groups excluding carboxylic acids is 1. The van der Waals surface area contributed by atoms with Crippen molar-refractivity contribution < 1.29 is 14.3 Å². The van der Waals surface area contributed by atoms with E-state index in [-0.39, 0.29) is 18.0 Å². The standard InChI is InChI=1S/C24H36N4O3/c1-18(28(21-11-12-21)24(29)23-17-26-13-15-31-23)22(25)16-20(10-6-7-14-30-2)27-19-8-4-3-5-9-19/h3-5,8-9,16,18,21,23,25-27H,6-7,10-15,17H2,1-2H3/b20-16-,25-22?/t18-,23-/m1/s1. The summed E-state index contributed by atoms with van der Waals surface area (Å²) in [4.78, 5) is 15.0. The summed E-state index contributed by atoms with van der Waals surface area (Å²) >= 11 is 0. The molecule has 1 aromatic rings. The van der Waals surface area contributed by atoms with Crippen LogP contribution in [0.5, 0.6) is 0 Å². The average Bonchev–Trinajstić information content (AvgIpc) is 3.63. The SMILES string of the molecule is COCCCC/C(=C/C(=N)[C@@H](C)N(C(=O)[C@H]1CNCCO1)C1CC1)Nc1ccccc1. The summed E-state index contributed by atoms with van der Waals surface area (Å²) in [5, 5.41) is 15.5. The third-order valence-corrected chi connectivity index (χ3v) is 5.72. The number of para-hydroxylation sites is 1. The minimum atomic E-state index is -0.454. The summed E-state index contributed by atoms with van der Waals surface area (Å²) in [7, 11) is 1.71. The van der Waals surface area contributed by atoms with Crippen molar-refractivity contribution in [2.75, 3.05) is 38.7 Å². The number of amides is 1. The number of benzene rings is 1. The minimum absolute atomic E-state index is 0.00184. The molecule has 1 aliphatic heterocycles. The van der Waals surface area contributed by atoms with Crippen LogP contribution in [0.2, 0.25) is 0 Å². The number of methoxy groups -OCH3 is 1. The second-order valence-electron chi connectivity index (χ2n) is 8.28. The van der Waals surface area contributed by atoms with Crippen LogP contribution in [0.4, 0.5) is 5.69 Å². The van der Waals surface area contributed by atoms with Crippen molar-refractivity contribution in [3.63, 3.8) is 0 Å². The highest BCUT2D eigenvalue weighted by atomic mass is 16.5. The number of rotatable bonds is 12. The average molecular weight is 429 g/mol. The highest BCUT2D eigenvalue weighted by molar-refractivity contribution is 6.00. The zero-order chi connectivity index (χ0) is 22.1. The zero-order valence-corrected chi connectivity index (χ0v) is 18.7. The van der Waals surface area contributed by atoms with Gasteiger partial charge in [0.05, 0.1) is 18.4 Å². The Hall–Kier alpha value is -2.22. The quantitative estimate of drug-likeness (QED) is 0.352. The molecule has 3 rings (SSSR count). The summed E-state index contributed by atoms with van der Waals surface area (Å²) < 4.78 is 10.9. The van der Waals surface area contributed by atoms with Crippen molar-refractivity contribution in [2.24, 2.45) is 0 Å². The van der Waals surface area contributed by atoms with E-state index in [9.17, 15) is 4.79 Å². The maximum Gasteiger partial charge on any atom is 0.253 e. The van der Waals surface area contributed by atoms with Gasteiger partial charge in [-0.1, -0.05) is 18.2 Å². The molecule has 1 saturated heterocycles. The number of allylic oxidation sites excluding steroid dienone is 1. The van der Waals surface area contributed by atoms with Crippen molar-refractivity contribution in [3.05, 3.63) is 42.1 Å². The molecule has 0 bridgehead atoms. The Labute approximate surface area is 185 Å². The first-order valence-corrected chi connectivity index (χ1v) is 11.3. The molecule has 7 heteroatoms. The van der Waals surface area contributed by atoms with Gasteiger partial charge in [0.15, 0.2) is 0 Å². The van der Waals surface area contributed by atoms with Gasteiger partial charge in [-0.15, -0.1) is 0 Å². The molecule has 1 aromatic carbocycles. The molecule has 0 spiro atoms. The molecule has 2 atom stereocenters. The van der Waals surface area contributed by atoms with E-state index in [1.54, 1.807) is 7.11 Å². The number of unbranched alkanes of at least 4 members (excludes halogenated alkanes) is 1. The van der Waals surface area contributed by atoms with E-state index in [1.807, 2.05) is 48.2 Å². The maximum absolute atomic E-state index is 13.2. The van der Waals surface area contributed by atoms with E-state index < -0.39 is 6.10 Å². The second-order valence-corrected chi connectivity index (χ2v) is 8.28. The monoisotopic (exact) mass is 428 g/mol. The van der Waals surface area contributed by atoms with E-state index in [0.29, 0.717) is 18.9 Å². The lowest BCUT2D eigenvalue weighted by Gasteiger charge is -2.34. The molecule has 2 fully saturated rings. The minimum Gasteiger partial charge on any atom is -0.385 e. The Bertz CT molecular complexity index is 742. The highest BCUT2D eigenvalue weighted by Crippen LogP contribution is 2.30. The molecule has 2 aliphatic rings. The number of morpholine rings is 1. The largest absolute Gasteiger partial charge is 0.385 e. The number of carbonyl (C=O) groups is 1. The van der Waals surface area contributed by atoms with Gasteiger partial charge in [-0.25, -0.2) is 0 Å². The van der Waals surface area contributed by atoms with Crippen LogP contribution >= 0.6 is 0 Å². The Morgan fingerprint density at radius 3 is 2.77 bits per heavy atom. The topological polar surface area (TPSA) is 86.7 Å². The predicted octanol–water partition coefficient (Wildman–Crippen LogP) is 3.19. The van der Waals surface area contributed by atoms with Crippen molar-refractivity contribution in [1.29, 1.82) is 5.41 Å². The number of ether oxygens (including phenoxy) is 2. The lowest BCUT2D eigenvalue weighted by atomic mass is 10.1. The molecular weight excluding hydrogens is 392 g/mol. The summed E-state index contributed by atoms with van der Waals surface area (Å²) in [5.74, 6) is -0.00184. The van der Waals surface area contributed by atoms with Gasteiger partial charge in [-0.2, -0.15) is 0 Å². The van der Waals surface area contributed by atoms with Crippen LogP contribution in [-0.2, 0) is 14.3 Å². The van der Waals surface area contributed by atoms with Crippen LogP contribution in [-0.4, -0.2) is 68.1 Å². The Balaban J connectivity index is 1.70. The zero-order valence-electron chi connectivity index (χ0n) is 18.7. The molecule has 3 N–H and O–H groups in total. The van der Waals surface area contributed by atoms with Gasteiger partial charge in [0, 0.05) is 44.2 Å². The van der Waals surface area contributed by atoms with Crippen LogP contribution in [0, 0.1) is 5.41 Å². The lowest BCUT2D eigenvalue weighted by Crippen LogP contribution is -2.54. The normalized spacial score (nSPS) is 20.2. The molecule has 1 aliphatic carbocycles. The van der Waals surface area contributed by atoms with Gasteiger partial charge >= 0.3 is 0 Å². The molecule has 31 heavy (non-hydrogen) atoms. The van der Waals surface area contributed by atoms with E-state index in [1.165, 1.54) is 0 Å². The number of nitrogens with zero attached hydrogens (tertiary/aromatic N) is 1.